The first-order valence-electron chi connectivity index (χ1n) is 8.30. The molecule has 140 valence electrons. The smallest absolute Gasteiger partial charge is 0.274 e. The molecule has 0 saturated carbocycles. The van der Waals surface area contributed by atoms with E-state index < -0.39 is 0 Å². The summed E-state index contributed by atoms with van der Waals surface area (Å²) in [6, 6.07) is 11.1. The number of hydrazone groups is 1. The summed E-state index contributed by atoms with van der Waals surface area (Å²) in [5.41, 5.74) is 3.74. The normalized spacial score (nSPS) is 10.9. The van der Waals surface area contributed by atoms with Gasteiger partial charge in [0.25, 0.3) is 5.91 Å². The van der Waals surface area contributed by atoms with E-state index in [0.29, 0.717) is 35.2 Å². The molecule has 1 amide bonds. The number of nitrogens with zero attached hydrogens (tertiary/aromatic N) is 1. The van der Waals surface area contributed by atoms with E-state index in [1.54, 1.807) is 50.6 Å². The highest BCUT2D eigenvalue weighted by Gasteiger charge is 2.12. The van der Waals surface area contributed by atoms with Crippen LogP contribution in [-0.2, 0) is 6.61 Å². The molecule has 2 aromatic heterocycles. The molecule has 3 rings (SSSR count). The van der Waals surface area contributed by atoms with Gasteiger partial charge in [0.1, 0.15) is 18.1 Å². The van der Waals surface area contributed by atoms with Crippen LogP contribution in [0.3, 0.4) is 0 Å². The fourth-order valence-electron chi connectivity index (χ4n) is 2.51. The molecule has 0 unspecified atom stereocenters. The lowest BCUT2D eigenvalue weighted by atomic mass is 10.2. The zero-order chi connectivity index (χ0) is 19.2. The predicted molar refractivity (Wildman–Crippen MR) is 105 cm³/mol. The molecule has 7 heteroatoms. The van der Waals surface area contributed by atoms with Gasteiger partial charge in [0.15, 0.2) is 11.5 Å². The molecule has 1 aromatic carbocycles. The highest BCUT2D eigenvalue weighted by molar-refractivity contribution is 7.09. The first-order chi connectivity index (χ1) is 13.1. The second kappa shape index (κ2) is 8.55. The summed E-state index contributed by atoms with van der Waals surface area (Å²) >= 11 is 1.64. The standard InChI is InChI=1S/C20H20N2O4S/c1-13-9-17(14(2)26-13)20(23)22-21-11-15-6-7-18(19(10-15)24-3)25-12-16-5-4-8-27-16/h4-11H,12H2,1-3H3,(H,22,23)/b21-11-. The minimum absolute atomic E-state index is 0.316. The lowest BCUT2D eigenvalue weighted by molar-refractivity contribution is 0.0953. The van der Waals surface area contributed by atoms with Crippen LogP contribution in [0.15, 0.2) is 51.3 Å². The largest absolute Gasteiger partial charge is 0.493 e. The van der Waals surface area contributed by atoms with Crippen LogP contribution in [0.1, 0.15) is 32.3 Å². The molecule has 0 atom stereocenters. The number of furan rings is 1. The van der Waals surface area contributed by atoms with Crippen LogP contribution >= 0.6 is 11.3 Å². The van der Waals surface area contributed by atoms with E-state index in [0.717, 1.165) is 10.4 Å². The molecule has 1 N–H and O–H groups in total. The average Bonchev–Trinajstić information content (AvgIpc) is 3.29. The molecule has 0 fully saturated rings. The highest BCUT2D eigenvalue weighted by Crippen LogP contribution is 2.28. The zero-order valence-corrected chi connectivity index (χ0v) is 16.1. The fraction of sp³-hybridized carbons (Fsp3) is 0.200. The molecule has 3 aromatic rings. The number of carbonyl (C=O) groups excluding carboxylic acids is 1. The number of carbonyl (C=O) groups is 1. The van der Waals surface area contributed by atoms with Crippen molar-refractivity contribution >= 4 is 23.5 Å². The van der Waals surface area contributed by atoms with E-state index in [2.05, 4.69) is 10.5 Å². The molecule has 0 radical (unpaired) electrons. The number of nitrogens with one attached hydrogen (secondary N) is 1. The van der Waals surface area contributed by atoms with E-state index >= 15 is 0 Å². The van der Waals surface area contributed by atoms with Crippen molar-refractivity contribution < 1.29 is 18.7 Å². The van der Waals surface area contributed by atoms with Crippen molar-refractivity contribution in [1.29, 1.82) is 0 Å². The Morgan fingerprint density at radius 3 is 2.78 bits per heavy atom. The Bertz CT molecular complexity index is 945. The molecule has 0 aliphatic heterocycles. The van der Waals surface area contributed by atoms with E-state index in [1.165, 1.54) is 0 Å². The molecule has 0 saturated heterocycles. The third kappa shape index (κ3) is 4.77. The van der Waals surface area contributed by atoms with Gasteiger partial charge in [-0.3, -0.25) is 4.79 Å². The summed E-state index contributed by atoms with van der Waals surface area (Å²) in [6.45, 7) is 4.02. The second-order valence-electron chi connectivity index (χ2n) is 5.80. The van der Waals surface area contributed by atoms with Crippen molar-refractivity contribution in [2.75, 3.05) is 7.11 Å². The highest BCUT2D eigenvalue weighted by atomic mass is 32.1. The summed E-state index contributed by atoms with van der Waals surface area (Å²) in [5.74, 6) is 2.18. The SMILES string of the molecule is COc1cc(/C=N\NC(=O)c2cc(C)oc2C)ccc1OCc1cccs1. The van der Waals surface area contributed by atoms with Crippen LogP contribution < -0.4 is 14.9 Å². The van der Waals surface area contributed by atoms with Crippen molar-refractivity contribution in [3.05, 3.63) is 69.3 Å². The number of thiophene rings is 1. The van der Waals surface area contributed by atoms with Gasteiger partial charge in [-0.25, -0.2) is 5.43 Å². The molecule has 6 nitrogen and oxygen atoms in total. The first kappa shape index (κ1) is 18.7. The van der Waals surface area contributed by atoms with Gasteiger partial charge < -0.3 is 13.9 Å². The minimum Gasteiger partial charge on any atom is -0.493 e. The van der Waals surface area contributed by atoms with Gasteiger partial charge in [0.05, 0.1) is 18.9 Å². The van der Waals surface area contributed by atoms with Crippen molar-refractivity contribution in [1.82, 2.24) is 5.43 Å². The Kier molecular flexibility index (Phi) is 5.93. The van der Waals surface area contributed by atoms with Crippen LogP contribution in [0.4, 0.5) is 0 Å². The van der Waals surface area contributed by atoms with Crippen molar-refractivity contribution in [3.63, 3.8) is 0 Å². The summed E-state index contributed by atoms with van der Waals surface area (Å²) in [6.07, 6.45) is 1.55. The van der Waals surface area contributed by atoms with Crippen LogP contribution in [0.25, 0.3) is 0 Å². The second-order valence-corrected chi connectivity index (χ2v) is 6.84. The molecule has 0 aliphatic rings. The van der Waals surface area contributed by atoms with Gasteiger partial charge >= 0.3 is 0 Å². The van der Waals surface area contributed by atoms with Crippen LogP contribution in [0, 0.1) is 13.8 Å². The van der Waals surface area contributed by atoms with Crippen LogP contribution in [0.5, 0.6) is 11.5 Å². The lowest BCUT2D eigenvalue weighted by Crippen LogP contribution is -2.17. The number of hydrogen-bond donors (Lipinski definition) is 1. The molecule has 0 bridgehead atoms. The minimum atomic E-state index is -0.316. The van der Waals surface area contributed by atoms with E-state index in [-0.39, 0.29) is 5.91 Å². The molecular weight excluding hydrogens is 364 g/mol. The number of hydrogen-bond acceptors (Lipinski definition) is 6. The zero-order valence-electron chi connectivity index (χ0n) is 15.3. The topological polar surface area (TPSA) is 73.1 Å². The Morgan fingerprint density at radius 2 is 2.11 bits per heavy atom. The molecule has 27 heavy (non-hydrogen) atoms. The van der Waals surface area contributed by atoms with E-state index in [1.807, 2.05) is 29.6 Å². The average molecular weight is 384 g/mol. The van der Waals surface area contributed by atoms with Crippen LogP contribution in [-0.4, -0.2) is 19.2 Å². The number of methoxy groups -OCH3 is 1. The molecule has 0 spiro atoms. The van der Waals surface area contributed by atoms with Gasteiger partial charge in [-0.15, -0.1) is 11.3 Å². The third-order valence-corrected chi connectivity index (χ3v) is 4.65. The Hall–Kier alpha value is -3.06. The third-order valence-electron chi connectivity index (χ3n) is 3.80. The number of ether oxygens (including phenoxy) is 2. The van der Waals surface area contributed by atoms with E-state index in [9.17, 15) is 4.79 Å². The molecule has 2 heterocycles. The Balaban J connectivity index is 1.63. The molecule has 0 aliphatic carbocycles. The van der Waals surface area contributed by atoms with Crippen LogP contribution in [0.2, 0.25) is 0 Å². The number of rotatable bonds is 7. The Labute approximate surface area is 161 Å². The quantitative estimate of drug-likeness (QED) is 0.487. The van der Waals surface area contributed by atoms with Crippen molar-refractivity contribution in [2.45, 2.75) is 20.5 Å². The fourth-order valence-corrected chi connectivity index (χ4v) is 3.13. The monoisotopic (exact) mass is 384 g/mol. The van der Waals surface area contributed by atoms with Gasteiger partial charge in [0.2, 0.25) is 0 Å². The summed E-state index contributed by atoms with van der Waals surface area (Å²) in [7, 11) is 1.58. The number of amides is 1. The molecular formula is C20H20N2O4S. The number of benzene rings is 1. The summed E-state index contributed by atoms with van der Waals surface area (Å²) in [5, 5.41) is 6.01. The van der Waals surface area contributed by atoms with Crippen molar-refractivity contribution in [2.24, 2.45) is 5.10 Å². The Morgan fingerprint density at radius 1 is 1.26 bits per heavy atom. The van der Waals surface area contributed by atoms with Gasteiger partial charge in [-0.2, -0.15) is 5.10 Å². The maximum absolute atomic E-state index is 12.1. The lowest BCUT2D eigenvalue weighted by Gasteiger charge is -2.10. The first-order valence-corrected chi connectivity index (χ1v) is 9.18. The number of aryl methyl sites for hydroxylation is 2. The van der Waals surface area contributed by atoms with E-state index in [4.69, 9.17) is 13.9 Å². The van der Waals surface area contributed by atoms with Gasteiger partial charge in [0, 0.05) is 4.88 Å². The summed E-state index contributed by atoms with van der Waals surface area (Å²) < 4.78 is 16.5. The predicted octanol–water partition coefficient (Wildman–Crippen LogP) is 4.31. The van der Waals surface area contributed by atoms with Crippen molar-refractivity contribution in [3.8, 4) is 11.5 Å². The maximum atomic E-state index is 12.1. The maximum Gasteiger partial charge on any atom is 0.274 e. The van der Waals surface area contributed by atoms with Gasteiger partial charge in [-0.1, -0.05) is 6.07 Å². The summed E-state index contributed by atoms with van der Waals surface area (Å²) in [4.78, 5) is 13.2. The van der Waals surface area contributed by atoms with Gasteiger partial charge in [-0.05, 0) is 55.1 Å².